The van der Waals surface area contributed by atoms with Crippen LogP contribution < -0.4 is 0 Å². The van der Waals surface area contributed by atoms with Crippen LogP contribution in [-0.2, 0) is 10.2 Å². The van der Waals surface area contributed by atoms with Crippen molar-refractivity contribution < 1.29 is 9.18 Å². The SMILES string of the molecule is O=C1C2CCC1(c1ccc(F)cc1Cl)C2. The van der Waals surface area contributed by atoms with Crippen LogP contribution in [-0.4, -0.2) is 5.78 Å². The fourth-order valence-corrected chi connectivity index (χ4v) is 3.36. The lowest BCUT2D eigenvalue weighted by molar-refractivity contribution is -0.133. The fraction of sp³-hybridized carbons (Fsp3) is 0.417. The third kappa shape index (κ3) is 1.06. The Hall–Kier alpha value is -0.890. The Kier molecular flexibility index (Phi) is 1.76. The van der Waals surface area contributed by atoms with Crippen LogP contribution in [0.3, 0.4) is 0 Å². The van der Waals surface area contributed by atoms with Crippen LogP contribution in [0.15, 0.2) is 18.2 Å². The minimum Gasteiger partial charge on any atom is -0.298 e. The van der Waals surface area contributed by atoms with Crippen molar-refractivity contribution in [3.8, 4) is 0 Å². The van der Waals surface area contributed by atoms with Crippen LogP contribution in [0.4, 0.5) is 4.39 Å². The maximum absolute atomic E-state index is 12.9. The van der Waals surface area contributed by atoms with Gasteiger partial charge >= 0.3 is 0 Å². The largest absolute Gasteiger partial charge is 0.298 e. The Balaban J connectivity index is 2.10. The molecular weight excluding hydrogens is 215 g/mol. The molecular formula is C12H10ClFO. The lowest BCUT2D eigenvalue weighted by Crippen LogP contribution is -2.44. The Labute approximate surface area is 92.2 Å². The molecule has 3 aliphatic rings. The van der Waals surface area contributed by atoms with Crippen molar-refractivity contribution in [2.45, 2.75) is 24.7 Å². The maximum Gasteiger partial charge on any atom is 0.146 e. The highest BCUT2D eigenvalue weighted by Crippen LogP contribution is 2.58. The van der Waals surface area contributed by atoms with Crippen LogP contribution in [0.1, 0.15) is 24.8 Å². The number of ketones is 1. The van der Waals surface area contributed by atoms with Crippen LogP contribution in [0, 0.1) is 11.7 Å². The Morgan fingerprint density at radius 2 is 2.27 bits per heavy atom. The second kappa shape index (κ2) is 2.82. The summed E-state index contributed by atoms with van der Waals surface area (Å²) >= 11 is 6.00. The first-order valence-electron chi connectivity index (χ1n) is 5.13. The number of hydrogen-bond acceptors (Lipinski definition) is 1. The number of rotatable bonds is 1. The maximum atomic E-state index is 12.9. The van der Waals surface area contributed by atoms with E-state index >= 15 is 0 Å². The second-order valence-corrected chi connectivity index (χ2v) is 4.92. The summed E-state index contributed by atoms with van der Waals surface area (Å²) in [6.07, 6.45) is 2.74. The molecule has 1 nitrogen and oxygen atoms in total. The van der Waals surface area contributed by atoms with Gasteiger partial charge in [-0.25, -0.2) is 4.39 Å². The molecule has 1 aromatic rings. The molecule has 0 amide bonds. The molecule has 0 radical (unpaired) electrons. The van der Waals surface area contributed by atoms with Crippen molar-refractivity contribution in [1.29, 1.82) is 0 Å². The average Bonchev–Trinajstić information content (AvgIpc) is 2.75. The van der Waals surface area contributed by atoms with Gasteiger partial charge in [0.05, 0.1) is 5.41 Å². The Morgan fingerprint density at radius 1 is 1.47 bits per heavy atom. The van der Waals surface area contributed by atoms with Gasteiger partial charge in [-0.2, -0.15) is 0 Å². The van der Waals surface area contributed by atoms with Crippen molar-refractivity contribution in [1.82, 2.24) is 0 Å². The second-order valence-electron chi connectivity index (χ2n) is 4.51. The molecule has 0 aliphatic heterocycles. The van der Waals surface area contributed by atoms with E-state index in [1.165, 1.54) is 12.1 Å². The highest BCUT2D eigenvalue weighted by molar-refractivity contribution is 6.32. The van der Waals surface area contributed by atoms with E-state index in [2.05, 4.69) is 0 Å². The molecule has 3 saturated carbocycles. The summed E-state index contributed by atoms with van der Waals surface area (Å²) < 4.78 is 12.9. The number of fused-ring (bicyclic) bond motifs is 1. The van der Waals surface area contributed by atoms with Gasteiger partial charge in [-0.15, -0.1) is 0 Å². The third-order valence-electron chi connectivity index (χ3n) is 3.80. The van der Waals surface area contributed by atoms with Gasteiger partial charge in [-0.3, -0.25) is 4.79 Å². The molecule has 15 heavy (non-hydrogen) atoms. The molecule has 3 fully saturated rings. The lowest BCUT2D eigenvalue weighted by atomic mass is 9.64. The predicted molar refractivity (Wildman–Crippen MR) is 55.4 cm³/mol. The van der Waals surface area contributed by atoms with Gasteiger partial charge in [-0.05, 0) is 37.0 Å². The van der Waals surface area contributed by atoms with Crippen LogP contribution in [0.25, 0.3) is 0 Å². The number of Topliss-reactive ketones (excluding diaryl/α,β-unsaturated/α-hetero) is 1. The molecule has 2 bridgehead atoms. The van der Waals surface area contributed by atoms with E-state index in [9.17, 15) is 9.18 Å². The molecule has 0 saturated heterocycles. The van der Waals surface area contributed by atoms with E-state index in [4.69, 9.17) is 11.6 Å². The highest BCUT2D eigenvalue weighted by Gasteiger charge is 2.60. The van der Waals surface area contributed by atoms with E-state index in [0.29, 0.717) is 10.8 Å². The fourth-order valence-electron chi connectivity index (χ4n) is 3.01. The zero-order chi connectivity index (χ0) is 10.6. The van der Waals surface area contributed by atoms with Crippen molar-refractivity contribution >= 4 is 17.4 Å². The normalized spacial score (nSPS) is 32.9. The van der Waals surface area contributed by atoms with Crippen molar-refractivity contribution in [2.24, 2.45) is 5.92 Å². The number of carbonyl (C=O) groups excluding carboxylic acids is 1. The molecule has 0 spiro atoms. The summed E-state index contributed by atoms with van der Waals surface area (Å²) in [5.74, 6) is 0.198. The molecule has 0 aromatic heterocycles. The van der Waals surface area contributed by atoms with E-state index in [-0.39, 0.29) is 17.2 Å². The first-order valence-corrected chi connectivity index (χ1v) is 5.51. The monoisotopic (exact) mass is 224 g/mol. The number of carbonyl (C=O) groups is 1. The summed E-state index contributed by atoms with van der Waals surface area (Å²) in [6, 6.07) is 4.34. The third-order valence-corrected chi connectivity index (χ3v) is 4.12. The number of hydrogen-bond donors (Lipinski definition) is 0. The topological polar surface area (TPSA) is 17.1 Å². The summed E-state index contributed by atoms with van der Waals surface area (Å²) in [5.41, 5.74) is 0.458. The lowest BCUT2D eigenvalue weighted by Gasteiger charge is -2.37. The van der Waals surface area contributed by atoms with Gasteiger partial charge < -0.3 is 0 Å². The van der Waals surface area contributed by atoms with Gasteiger partial charge in [0.25, 0.3) is 0 Å². The first-order chi connectivity index (χ1) is 7.13. The molecule has 2 unspecified atom stereocenters. The molecule has 2 atom stereocenters. The molecule has 78 valence electrons. The highest BCUT2D eigenvalue weighted by atomic mass is 35.5. The number of halogens is 2. The van der Waals surface area contributed by atoms with Gasteiger partial charge in [0.15, 0.2) is 0 Å². The van der Waals surface area contributed by atoms with Crippen LogP contribution >= 0.6 is 11.6 Å². The van der Waals surface area contributed by atoms with Crippen LogP contribution in [0.2, 0.25) is 5.02 Å². The summed E-state index contributed by atoms with van der Waals surface area (Å²) in [4.78, 5) is 11.8. The van der Waals surface area contributed by atoms with Crippen molar-refractivity contribution in [3.63, 3.8) is 0 Å². The molecule has 1 aromatic carbocycles. The minimum absolute atomic E-state index is 0.242. The standard InChI is InChI=1S/C12H10ClFO/c13-10-5-8(14)1-2-9(10)12-4-3-7(6-12)11(12)15/h1-2,5,7H,3-4,6H2. The number of benzene rings is 1. The van der Waals surface area contributed by atoms with Gasteiger partial charge in [0, 0.05) is 10.9 Å². The molecule has 4 rings (SSSR count). The molecule has 3 aliphatic carbocycles. The predicted octanol–water partition coefficient (Wildman–Crippen LogP) is 3.10. The van der Waals surface area contributed by atoms with Crippen molar-refractivity contribution in [2.75, 3.05) is 0 Å². The van der Waals surface area contributed by atoms with E-state index < -0.39 is 0 Å². The molecule has 0 heterocycles. The van der Waals surface area contributed by atoms with E-state index in [1.807, 2.05) is 0 Å². The zero-order valence-electron chi connectivity index (χ0n) is 8.09. The molecule has 0 N–H and O–H groups in total. The quantitative estimate of drug-likeness (QED) is 0.717. The van der Waals surface area contributed by atoms with Crippen molar-refractivity contribution in [3.05, 3.63) is 34.6 Å². The van der Waals surface area contributed by atoms with Crippen LogP contribution in [0.5, 0.6) is 0 Å². The van der Waals surface area contributed by atoms with E-state index in [0.717, 1.165) is 24.8 Å². The molecule has 3 heteroatoms. The first kappa shape index (κ1) is 9.34. The van der Waals surface area contributed by atoms with E-state index in [1.54, 1.807) is 6.07 Å². The smallest absolute Gasteiger partial charge is 0.146 e. The average molecular weight is 225 g/mol. The van der Waals surface area contributed by atoms with Gasteiger partial charge in [-0.1, -0.05) is 17.7 Å². The summed E-state index contributed by atoms with van der Waals surface area (Å²) in [6.45, 7) is 0. The Morgan fingerprint density at radius 3 is 2.80 bits per heavy atom. The summed E-state index contributed by atoms with van der Waals surface area (Å²) in [5, 5.41) is 0.392. The summed E-state index contributed by atoms with van der Waals surface area (Å²) in [7, 11) is 0. The van der Waals surface area contributed by atoms with Gasteiger partial charge in [0.2, 0.25) is 0 Å². The zero-order valence-corrected chi connectivity index (χ0v) is 8.85. The minimum atomic E-state index is -0.366. The Bertz CT molecular complexity index is 453. The van der Waals surface area contributed by atoms with Gasteiger partial charge in [0.1, 0.15) is 11.6 Å².